The van der Waals surface area contributed by atoms with Gasteiger partial charge >= 0.3 is 11.6 Å². The molecule has 0 saturated heterocycles. The molecule has 2 heterocycles. The van der Waals surface area contributed by atoms with Crippen LogP contribution in [0.4, 0.5) is 5.69 Å². The Labute approximate surface area is 332 Å². The number of hydrogen-bond acceptors (Lipinski definition) is 11. The van der Waals surface area contributed by atoms with Gasteiger partial charge in [-0.2, -0.15) is 9.13 Å². The lowest BCUT2D eigenvalue weighted by Crippen LogP contribution is -2.68. The number of hydrogen-bond donors (Lipinski definition) is 0. The van der Waals surface area contributed by atoms with Gasteiger partial charge in [0.2, 0.25) is 11.6 Å². The summed E-state index contributed by atoms with van der Waals surface area (Å²) in [4.78, 5) is 2.11. The second-order valence-corrected chi connectivity index (χ2v) is 13.9. The van der Waals surface area contributed by atoms with E-state index in [9.17, 15) is 0 Å². The van der Waals surface area contributed by atoms with E-state index in [1.807, 2.05) is 57.9 Å². The van der Waals surface area contributed by atoms with Crippen molar-refractivity contribution in [2.45, 2.75) is 13.8 Å². The van der Waals surface area contributed by atoms with Crippen LogP contribution in [0, 0.1) is 34.3 Å². The van der Waals surface area contributed by atoms with Crippen molar-refractivity contribution in [2.75, 3.05) is 19.0 Å². The molecule has 0 atom stereocenters. The number of aromatic nitrogens is 6. The molecule has 0 N–H and O–H groups in total. The number of rotatable bonds is 8. The first-order valence-corrected chi connectivity index (χ1v) is 19.4. The molecule has 294 valence electrons. The topological polar surface area (TPSA) is 231 Å². The first kappa shape index (κ1) is 42.3. The zero-order chi connectivity index (χ0) is 41.3. The van der Waals surface area contributed by atoms with Crippen LogP contribution < -0.4 is 51.3 Å². The summed E-state index contributed by atoms with van der Waals surface area (Å²) >= 11 is 0. The Hall–Kier alpha value is -5.82. The lowest BCUT2D eigenvalue weighted by molar-refractivity contribution is -2.00. The summed E-state index contributed by atoms with van der Waals surface area (Å²) in [6.45, 7) is 4.22. The fourth-order valence-corrected chi connectivity index (χ4v) is 5.93. The van der Waals surface area contributed by atoms with Gasteiger partial charge in [0.05, 0.1) is 10.2 Å². The average Bonchev–Trinajstić information content (AvgIpc) is 3.70. The lowest BCUT2D eigenvalue weighted by atomic mass is 10.1. The smallest absolute Gasteiger partial charge is 0.321 e. The summed E-state index contributed by atoms with van der Waals surface area (Å²) < 4.78 is 76.4. The molecule has 2 aromatic heterocycles. The van der Waals surface area contributed by atoms with E-state index in [-0.39, 0.29) is 0 Å². The summed E-state index contributed by atoms with van der Waals surface area (Å²) in [6.07, 6.45) is 2.20. The maximum atomic E-state index is 8.49. The van der Waals surface area contributed by atoms with Gasteiger partial charge in [-0.1, -0.05) is 94.3 Å². The summed E-state index contributed by atoms with van der Waals surface area (Å²) in [5, 5.41) is 10.7. The normalized spacial score (nSPS) is 11.2. The predicted molar refractivity (Wildman–Crippen MR) is 187 cm³/mol. The van der Waals surface area contributed by atoms with Crippen molar-refractivity contribution in [1.29, 1.82) is 0 Å². The largest absolute Gasteiger partial charge is 0.378 e. The predicted octanol–water partition coefficient (Wildman–Crippen LogP) is -2.63. The standard InChI is InChI=1S/C40H37N7.2ClHO4/c1-30-44(34-17-9-5-10-18-34)39(41-46(30)36-21-13-7-14-22-36)38(29-32-25-27-33(28-26-32)43(3)4)40-42-47(37-23-15-8-16-24-37)31(2)45(40)35-19-11-6-12-20-35;2*2-1(3,4)5/h5-29H,1-4H3;2*(H,2,3,4,5)/q+2;;/p-2. The second kappa shape index (κ2) is 18.4. The van der Waals surface area contributed by atoms with Crippen molar-refractivity contribution in [3.8, 4) is 22.7 Å². The second-order valence-electron chi connectivity index (χ2n) is 12.4. The monoisotopic (exact) mass is 813 g/mol. The van der Waals surface area contributed by atoms with Gasteiger partial charge in [-0.15, -0.1) is 20.5 Å². The average molecular weight is 815 g/mol. The maximum Gasteiger partial charge on any atom is 0.321 e. The van der Waals surface area contributed by atoms with Crippen molar-refractivity contribution in [3.05, 3.63) is 174 Å². The Morgan fingerprint density at radius 1 is 0.509 bits per heavy atom. The van der Waals surface area contributed by atoms with Crippen LogP contribution in [0.15, 0.2) is 146 Å². The zero-order valence-electron chi connectivity index (χ0n) is 31.1. The van der Waals surface area contributed by atoms with E-state index in [2.05, 4.69) is 145 Å². The summed E-state index contributed by atoms with van der Waals surface area (Å²) in [5.74, 6) is 3.49. The van der Waals surface area contributed by atoms with Gasteiger partial charge in [-0.25, -0.2) is 37.3 Å². The lowest BCUT2D eigenvalue weighted by Gasteiger charge is -2.17. The van der Waals surface area contributed by atoms with Crippen molar-refractivity contribution < 1.29 is 66.9 Å². The number of para-hydroxylation sites is 4. The highest BCUT2D eigenvalue weighted by molar-refractivity contribution is 5.85. The molecule has 5 aromatic carbocycles. The molecule has 0 radical (unpaired) electrons. The number of halogens is 2. The van der Waals surface area contributed by atoms with Gasteiger partial charge in [-0.3, -0.25) is 0 Å². The van der Waals surface area contributed by atoms with E-state index in [4.69, 9.17) is 47.5 Å². The minimum atomic E-state index is -4.94. The molecule has 15 nitrogen and oxygen atoms in total. The Bertz CT molecular complexity index is 2230. The molecule has 7 rings (SSSR count). The molecule has 17 heteroatoms. The van der Waals surface area contributed by atoms with E-state index in [1.165, 1.54) is 0 Å². The highest BCUT2D eigenvalue weighted by Gasteiger charge is 2.37. The van der Waals surface area contributed by atoms with Crippen molar-refractivity contribution >= 4 is 17.3 Å². The molecule has 0 amide bonds. The molecule has 0 unspecified atom stereocenters. The third kappa shape index (κ3) is 11.6. The summed E-state index contributed by atoms with van der Waals surface area (Å²) in [6, 6.07) is 50.0. The molecule has 7 aromatic rings. The van der Waals surface area contributed by atoms with Crippen LogP contribution in [0.25, 0.3) is 34.4 Å². The van der Waals surface area contributed by atoms with Gasteiger partial charge in [0.15, 0.2) is 0 Å². The van der Waals surface area contributed by atoms with Gasteiger partial charge in [0, 0.05) is 33.6 Å². The van der Waals surface area contributed by atoms with Crippen LogP contribution in [-0.4, -0.2) is 33.7 Å². The molecule has 0 bridgehead atoms. The van der Waals surface area contributed by atoms with E-state index in [0.29, 0.717) is 0 Å². The Kier molecular flexibility index (Phi) is 13.7. The third-order valence-electron chi connectivity index (χ3n) is 8.31. The van der Waals surface area contributed by atoms with E-state index in [1.54, 1.807) is 0 Å². The van der Waals surface area contributed by atoms with Crippen LogP contribution in [0.2, 0.25) is 0 Å². The molecule has 0 saturated carbocycles. The molecule has 57 heavy (non-hydrogen) atoms. The van der Waals surface area contributed by atoms with Gasteiger partial charge < -0.3 is 4.90 Å². The minimum Gasteiger partial charge on any atom is -0.378 e. The van der Waals surface area contributed by atoms with Crippen LogP contribution in [-0.2, 0) is 0 Å². The number of benzene rings is 5. The Morgan fingerprint density at radius 3 is 1.14 bits per heavy atom. The first-order chi connectivity index (χ1) is 27.0. The fraction of sp³-hybridized carbons (Fsp3) is 0.100. The van der Waals surface area contributed by atoms with Crippen LogP contribution in [0.3, 0.4) is 0 Å². The number of anilines is 1. The maximum absolute atomic E-state index is 8.49. The van der Waals surface area contributed by atoms with Crippen LogP contribution in [0.5, 0.6) is 0 Å². The molecule has 0 fully saturated rings. The highest BCUT2D eigenvalue weighted by Crippen LogP contribution is 2.26. The van der Waals surface area contributed by atoms with Crippen molar-refractivity contribution in [2.24, 2.45) is 0 Å². The Balaban J connectivity index is 0.000000554. The van der Waals surface area contributed by atoms with Crippen LogP contribution >= 0.6 is 0 Å². The van der Waals surface area contributed by atoms with Crippen molar-refractivity contribution in [3.63, 3.8) is 0 Å². The minimum absolute atomic E-state index is 0.775. The van der Waals surface area contributed by atoms with Crippen LogP contribution in [0.1, 0.15) is 28.9 Å². The molecule has 0 aliphatic carbocycles. The van der Waals surface area contributed by atoms with Gasteiger partial charge in [0.25, 0.3) is 0 Å². The fourth-order valence-electron chi connectivity index (χ4n) is 5.93. The van der Waals surface area contributed by atoms with E-state index >= 15 is 0 Å². The van der Waals surface area contributed by atoms with Crippen molar-refractivity contribution in [1.82, 2.24) is 19.6 Å². The quantitative estimate of drug-likeness (QED) is 0.144. The SMILES string of the molecule is Cc1n(-c2ccccc2)nc(C(=Cc2ccc(N(C)C)cc2)c2nn(-c3ccccc3)c(C)[n+]2-c2ccccc2)[n+]1-c1ccccc1.[O-][Cl+3]([O-])([O-])[O-].[O-][Cl+3]([O-])([O-])[O-]. The van der Waals surface area contributed by atoms with E-state index in [0.717, 1.165) is 62.9 Å². The van der Waals surface area contributed by atoms with Gasteiger partial charge in [0.1, 0.15) is 28.3 Å². The molecule has 0 aliphatic rings. The third-order valence-corrected chi connectivity index (χ3v) is 8.31. The molecule has 0 aliphatic heterocycles. The zero-order valence-corrected chi connectivity index (χ0v) is 32.6. The highest BCUT2D eigenvalue weighted by atomic mass is 35.7. The molecular formula is C40H37Cl2N7O8. The number of nitrogens with zero attached hydrogens (tertiary/aromatic N) is 7. The van der Waals surface area contributed by atoms with E-state index < -0.39 is 20.5 Å². The first-order valence-electron chi connectivity index (χ1n) is 17.0. The molecular weight excluding hydrogens is 777 g/mol. The summed E-state index contributed by atoms with van der Waals surface area (Å²) in [5.41, 5.74) is 7.06. The summed E-state index contributed by atoms with van der Waals surface area (Å²) in [7, 11) is -5.78. The van der Waals surface area contributed by atoms with Gasteiger partial charge in [-0.05, 0) is 72.3 Å². The Morgan fingerprint density at radius 2 is 0.825 bits per heavy atom. The molecule has 0 spiro atoms.